The summed E-state index contributed by atoms with van der Waals surface area (Å²) in [7, 11) is 0. The zero-order chi connectivity index (χ0) is 36.1. The van der Waals surface area contributed by atoms with Gasteiger partial charge in [0.05, 0.1) is 22.8 Å². The van der Waals surface area contributed by atoms with Crippen molar-refractivity contribution in [2.24, 2.45) is 0 Å². The van der Waals surface area contributed by atoms with Crippen LogP contribution in [0.25, 0.3) is 90.3 Å². The lowest BCUT2D eigenvalue weighted by Gasteiger charge is -2.14. The van der Waals surface area contributed by atoms with E-state index in [9.17, 15) is 0 Å². The van der Waals surface area contributed by atoms with Gasteiger partial charge in [0.15, 0.2) is 17.5 Å². The van der Waals surface area contributed by atoms with Crippen molar-refractivity contribution < 1.29 is 0 Å². The van der Waals surface area contributed by atoms with E-state index in [0.29, 0.717) is 17.5 Å². The Morgan fingerprint density at radius 2 is 0.759 bits per heavy atom. The molecule has 0 spiro atoms. The summed E-state index contributed by atoms with van der Waals surface area (Å²) in [5.41, 5.74) is 12.2. The van der Waals surface area contributed by atoms with Crippen LogP contribution >= 0.6 is 0 Å². The molecule has 0 radical (unpaired) electrons. The van der Waals surface area contributed by atoms with Crippen LogP contribution in [0.1, 0.15) is 0 Å². The Morgan fingerprint density at radius 3 is 1.39 bits per heavy atom. The van der Waals surface area contributed by atoms with E-state index in [2.05, 4.69) is 71.7 Å². The smallest absolute Gasteiger partial charge is 0.164 e. The minimum Gasteiger partial charge on any atom is -0.255 e. The van der Waals surface area contributed by atoms with E-state index in [1.54, 1.807) is 6.20 Å². The fourth-order valence-electron chi connectivity index (χ4n) is 6.63. The van der Waals surface area contributed by atoms with Crippen LogP contribution in [0.5, 0.6) is 0 Å². The zero-order valence-electron chi connectivity index (χ0n) is 29.2. The van der Waals surface area contributed by atoms with Crippen molar-refractivity contribution in [3.63, 3.8) is 0 Å². The first kappa shape index (κ1) is 32.5. The number of hydrogen-bond acceptors (Lipinski definition) is 6. The van der Waals surface area contributed by atoms with E-state index in [1.807, 2.05) is 121 Å². The molecule has 9 aromatic rings. The molecule has 54 heavy (non-hydrogen) atoms. The quantitative estimate of drug-likeness (QED) is 0.158. The minimum atomic E-state index is 0.616. The van der Waals surface area contributed by atoms with E-state index >= 15 is 0 Å². The first-order valence-corrected chi connectivity index (χ1v) is 17.8. The van der Waals surface area contributed by atoms with Crippen LogP contribution in [-0.4, -0.2) is 29.9 Å². The molecule has 4 aromatic heterocycles. The van der Waals surface area contributed by atoms with Gasteiger partial charge in [-0.15, -0.1) is 0 Å². The molecule has 0 amide bonds. The minimum absolute atomic E-state index is 0.616. The maximum Gasteiger partial charge on any atom is 0.164 e. The molecule has 0 aliphatic rings. The topological polar surface area (TPSA) is 77.3 Å². The van der Waals surface area contributed by atoms with Crippen molar-refractivity contribution in [1.82, 2.24) is 29.9 Å². The first-order chi connectivity index (χ1) is 26.8. The molecule has 4 heterocycles. The summed E-state index contributed by atoms with van der Waals surface area (Å²) in [6.07, 6.45) is 3.62. The number of rotatable bonds is 8. The molecule has 6 heteroatoms. The third-order valence-electron chi connectivity index (χ3n) is 9.28. The maximum atomic E-state index is 5.11. The molecular weight excluding hydrogens is 661 g/mol. The third kappa shape index (κ3) is 6.67. The van der Waals surface area contributed by atoms with Gasteiger partial charge in [-0.05, 0) is 58.1 Å². The van der Waals surface area contributed by atoms with E-state index in [-0.39, 0.29) is 0 Å². The van der Waals surface area contributed by atoms with E-state index in [1.165, 1.54) is 0 Å². The van der Waals surface area contributed by atoms with Gasteiger partial charge < -0.3 is 0 Å². The highest BCUT2D eigenvalue weighted by Crippen LogP contribution is 2.37. The van der Waals surface area contributed by atoms with Crippen LogP contribution in [0.3, 0.4) is 0 Å². The number of aromatic nitrogens is 6. The predicted octanol–water partition coefficient (Wildman–Crippen LogP) is 11.4. The number of pyridine rings is 3. The van der Waals surface area contributed by atoms with Gasteiger partial charge in [-0.3, -0.25) is 9.97 Å². The summed E-state index contributed by atoms with van der Waals surface area (Å²) in [6.45, 7) is 0. The Balaban J connectivity index is 1.12. The van der Waals surface area contributed by atoms with Crippen LogP contribution in [0.15, 0.2) is 194 Å². The van der Waals surface area contributed by atoms with Crippen LogP contribution in [0, 0.1) is 0 Å². The highest BCUT2D eigenvalue weighted by molar-refractivity contribution is 5.86. The molecular formula is C48H32N6. The molecule has 6 nitrogen and oxygen atoms in total. The van der Waals surface area contributed by atoms with Crippen LogP contribution in [0.2, 0.25) is 0 Å². The number of hydrogen-bond donors (Lipinski definition) is 0. The Kier molecular flexibility index (Phi) is 8.81. The van der Waals surface area contributed by atoms with Crippen molar-refractivity contribution in [3.05, 3.63) is 194 Å². The highest BCUT2D eigenvalue weighted by atomic mass is 15.0. The van der Waals surface area contributed by atoms with Gasteiger partial charge in [0.2, 0.25) is 0 Å². The Hall–Kier alpha value is -7.44. The molecule has 0 unspecified atom stereocenters. The van der Waals surface area contributed by atoms with Crippen molar-refractivity contribution in [1.29, 1.82) is 0 Å². The van der Waals surface area contributed by atoms with Gasteiger partial charge in [0.1, 0.15) is 0 Å². The molecule has 0 saturated carbocycles. The monoisotopic (exact) mass is 692 g/mol. The van der Waals surface area contributed by atoms with Gasteiger partial charge in [0, 0.05) is 34.6 Å². The van der Waals surface area contributed by atoms with Crippen LogP contribution in [0.4, 0.5) is 0 Å². The van der Waals surface area contributed by atoms with Crippen molar-refractivity contribution in [2.45, 2.75) is 0 Å². The second-order valence-corrected chi connectivity index (χ2v) is 12.8. The second kappa shape index (κ2) is 14.7. The fourth-order valence-corrected chi connectivity index (χ4v) is 6.63. The highest BCUT2D eigenvalue weighted by Gasteiger charge is 2.17. The molecule has 0 aliphatic heterocycles. The summed E-state index contributed by atoms with van der Waals surface area (Å²) in [4.78, 5) is 29.5. The van der Waals surface area contributed by atoms with Crippen molar-refractivity contribution >= 4 is 0 Å². The SMILES string of the molecule is c1ccc(-c2cc(-c3ccccn3)nc(-c3ncccc3-c3ccc(-c4ccccc4-c4nc(-c5ccccc5)nc(-c5ccccc5)n4)cc3)c2)cc1. The van der Waals surface area contributed by atoms with E-state index < -0.39 is 0 Å². The summed E-state index contributed by atoms with van der Waals surface area (Å²) < 4.78 is 0. The normalized spacial score (nSPS) is 11.0. The molecule has 0 bridgehead atoms. The molecule has 0 saturated heterocycles. The zero-order valence-corrected chi connectivity index (χ0v) is 29.2. The molecule has 0 fully saturated rings. The lowest BCUT2D eigenvalue weighted by atomic mass is 9.95. The van der Waals surface area contributed by atoms with Gasteiger partial charge in [-0.2, -0.15) is 0 Å². The lowest BCUT2D eigenvalue weighted by molar-refractivity contribution is 1.07. The first-order valence-electron chi connectivity index (χ1n) is 17.8. The summed E-state index contributed by atoms with van der Waals surface area (Å²) >= 11 is 0. The molecule has 5 aromatic carbocycles. The average molecular weight is 693 g/mol. The lowest BCUT2D eigenvalue weighted by Crippen LogP contribution is -2.01. The largest absolute Gasteiger partial charge is 0.255 e. The van der Waals surface area contributed by atoms with Gasteiger partial charge in [-0.25, -0.2) is 19.9 Å². The molecule has 9 rings (SSSR count). The predicted molar refractivity (Wildman–Crippen MR) is 217 cm³/mol. The summed E-state index contributed by atoms with van der Waals surface area (Å²) in [6, 6.07) is 61.4. The Bertz CT molecular complexity index is 2380. The fraction of sp³-hybridized carbons (Fsp3) is 0. The van der Waals surface area contributed by atoms with Gasteiger partial charge >= 0.3 is 0 Å². The average Bonchev–Trinajstić information content (AvgIpc) is 3.27. The Labute approximate surface area is 313 Å². The summed E-state index contributed by atoms with van der Waals surface area (Å²) in [5.74, 6) is 1.87. The van der Waals surface area contributed by atoms with Crippen molar-refractivity contribution in [2.75, 3.05) is 0 Å². The maximum absolute atomic E-state index is 5.11. The van der Waals surface area contributed by atoms with E-state index in [0.717, 1.165) is 72.8 Å². The third-order valence-corrected chi connectivity index (χ3v) is 9.28. The number of nitrogens with zero attached hydrogens (tertiary/aromatic N) is 6. The number of benzene rings is 5. The van der Waals surface area contributed by atoms with Crippen molar-refractivity contribution in [3.8, 4) is 90.3 Å². The van der Waals surface area contributed by atoms with Crippen LogP contribution in [-0.2, 0) is 0 Å². The molecule has 0 aliphatic carbocycles. The standard InChI is InChI=1S/C48H32N6/c1-4-15-33(16-5-1)38-31-43(42-24-12-13-29-49-42)51-44(32-38)45-40(23-14-30-50-45)35-27-25-34(26-28-35)39-21-10-11-22-41(39)48-53-46(36-17-6-2-7-18-36)52-47(54-48)37-19-8-3-9-20-37/h1-32H. The Morgan fingerprint density at radius 1 is 0.259 bits per heavy atom. The van der Waals surface area contributed by atoms with E-state index in [4.69, 9.17) is 24.9 Å². The summed E-state index contributed by atoms with van der Waals surface area (Å²) in [5, 5.41) is 0. The molecule has 254 valence electrons. The molecule has 0 atom stereocenters. The van der Waals surface area contributed by atoms with Gasteiger partial charge in [-0.1, -0.05) is 152 Å². The van der Waals surface area contributed by atoms with Crippen LogP contribution < -0.4 is 0 Å². The van der Waals surface area contributed by atoms with Gasteiger partial charge in [0.25, 0.3) is 0 Å². The molecule has 0 N–H and O–H groups in total. The second-order valence-electron chi connectivity index (χ2n) is 12.8.